The van der Waals surface area contributed by atoms with Crippen LogP contribution in [0.15, 0.2) is 71.5 Å². The normalized spacial score (nSPS) is 16.2. The summed E-state index contributed by atoms with van der Waals surface area (Å²) in [7, 11) is 3.31. The van der Waals surface area contributed by atoms with Crippen molar-refractivity contribution < 1.29 is 62.1 Å². The molecule has 6 N–H and O–H groups in total. The maximum atomic E-state index is 14.6. The number of hydrogen-bond donors (Lipinski definition) is 7. The number of aryl methyl sites for hydroxylation is 2. The van der Waals surface area contributed by atoms with Crippen LogP contribution in [-0.2, 0) is 85.0 Å². The van der Waals surface area contributed by atoms with E-state index in [9.17, 15) is 52.6 Å². The number of thiol groups is 1. The van der Waals surface area contributed by atoms with E-state index in [1.54, 1.807) is 49.1 Å². The van der Waals surface area contributed by atoms with E-state index in [0.717, 1.165) is 50.9 Å². The lowest BCUT2D eigenvalue weighted by Crippen LogP contribution is -2.45. The number of aldehydes is 1. The van der Waals surface area contributed by atoms with Gasteiger partial charge in [-0.3, -0.25) is 33.6 Å². The number of nitrogens with one attached hydrogen (secondary N) is 5. The van der Waals surface area contributed by atoms with Gasteiger partial charge in [0.05, 0.1) is 78.8 Å². The van der Waals surface area contributed by atoms with Crippen molar-refractivity contribution in [2.24, 2.45) is 0 Å². The molecule has 0 spiro atoms. The first-order valence-corrected chi connectivity index (χ1v) is 28.7. The van der Waals surface area contributed by atoms with Crippen LogP contribution in [0.5, 0.6) is 0 Å². The molecule has 5 aromatic rings. The minimum atomic E-state index is -1.49. The van der Waals surface area contributed by atoms with Crippen molar-refractivity contribution in [3.8, 4) is 11.4 Å². The zero-order chi connectivity index (χ0) is 61.6. The average Bonchev–Trinajstić information content (AvgIpc) is 2.34. The number of likely N-dealkylation sites (N-methyl/N-ethyl adjacent to an activating group) is 1. The lowest BCUT2D eigenvalue weighted by atomic mass is 9.79. The highest BCUT2D eigenvalue weighted by Gasteiger charge is 2.38. The van der Waals surface area contributed by atoms with Gasteiger partial charge in [0, 0.05) is 42.5 Å². The largest absolute Gasteiger partial charge is 0.458 e. The van der Waals surface area contributed by atoms with Crippen LogP contribution >= 0.6 is 12.6 Å². The number of nitrogens with zero attached hydrogens (tertiary/aromatic N) is 3. The molecule has 9 rings (SSSR count). The predicted octanol–water partition coefficient (Wildman–Crippen LogP) is 4.74. The molecule has 4 unspecified atom stereocenters. The average molecular weight is 1180 g/mol. The third-order valence-electron chi connectivity index (χ3n) is 14.0. The molecule has 84 heavy (non-hydrogen) atoms. The molecule has 6 amide bonds. The van der Waals surface area contributed by atoms with E-state index in [-0.39, 0.29) is 85.8 Å². The Labute approximate surface area is 493 Å². The van der Waals surface area contributed by atoms with Crippen LogP contribution in [0, 0.1) is 12.7 Å². The number of esters is 1. The van der Waals surface area contributed by atoms with Crippen LogP contribution in [0.1, 0.15) is 117 Å². The summed E-state index contributed by atoms with van der Waals surface area (Å²) in [6, 6.07) is 18.6. The van der Waals surface area contributed by atoms with Gasteiger partial charge in [-0.1, -0.05) is 77.1 Å². The Morgan fingerprint density at radius 1 is 0.881 bits per heavy atom. The minimum Gasteiger partial charge on any atom is -0.458 e. The summed E-state index contributed by atoms with van der Waals surface area (Å²) in [6.45, 7) is 13.2. The number of imide groups is 1. The van der Waals surface area contributed by atoms with Gasteiger partial charge in [-0.05, 0) is 98.0 Å². The van der Waals surface area contributed by atoms with Crippen LogP contribution in [0.2, 0.25) is 0 Å². The van der Waals surface area contributed by atoms with Gasteiger partial charge < -0.3 is 55.3 Å². The van der Waals surface area contributed by atoms with Gasteiger partial charge in [0.1, 0.15) is 25.4 Å². The number of aliphatic hydroxyl groups is 1. The van der Waals surface area contributed by atoms with Crippen LogP contribution in [0.25, 0.3) is 22.3 Å². The van der Waals surface area contributed by atoms with E-state index >= 15 is 0 Å². The summed E-state index contributed by atoms with van der Waals surface area (Å²) in [4.78, 5) is 113. The Balaban J connectivity index is 0.000000249. The van der Waals surface area contributed by atoms with Crippen molar-refractivity contribution in [2.45, 2.75) is 123 Å². The number of carbonyl (C=O) groups is 8. The molecule has 23 heteroatoms. The van der Waals surface area contributed by atoms with E-state index in [4.69, 9.17) is 19.2 Å². The first-order chi connectivity index (χ1) is 40.4. The lowest BCUT2D eigenvalue weighted by molar-refractivity contribution is -0.157. The van der Waals surface area contributed by atoms with Crippen molar-refractivity contribution >= 4 is 76.9 Å². The van der Waals surface area contributed by atoms with Crippen LogP contribution in [-0.4, -0.2) is 127 Å². The summed E-state index contributed by atoms with van der Waals surface area (Å²) in [5.74, 6) is -2.80. The molecule has 3 aliphatic heterocycles. The van der Waals surface area contributed by atoms with E-state index in [1.807, 2.05) is 65.0 Å². The van der Waals surface area contributed by atoms with E-state index in [2.05, 4.69) is 46.1 Å². The summed E-state index contributed by atoms with van der Waals surface area (Å²) in [5, 5.41) is 23.4. The highest BCUT2D eigenvalue weighted by Crippen LogP contribution is 2.45. The molecule has 3 aromatic carbocycles. The molecule has 21 nitrogen and oxygen atoms in total. The highest BCUT2D eigenvalue weighted by atomic mass is 32.1. The van der Waals surface area contributed by atoms with Crippen molar-refractivity contribution in [2.75, 3.05) is 58.6 Å². The highest BCUT2D eigenvalue weighted by molar-refractivity contribution is 7.82. The molecule has 4 atom stereocenters. The number of halogens is 1. The van der Waals surface area contributed by atoms with Crippen molar-refractivity contribution in [1.29, 1.82) is 0 Å². The summed E-state index contributed by atoms with van der Waals surface area (Å²) < 4.78 is 30.9. The van der Waals surface area contributed by atoms with Gasteiger partial charge in [-0.15, -0.1) is 0 Å². The Bertz CT molecular complexity index is 3210. The van der Waals surface area contributed by atoms with Gasteiger partial charge in [0.25, 0.3) is 5.56 Å². The van der Waals surface area contributed by atoms with E-state index < -0.39 is 35.2 Å². The Hall–Kier alpha value is -7.70. The van der Waals surface area contributed by atoms with Gasteiger partial charge in [-0.2, -0.15) is 12.6 Å². The molecular formula is C61H77FN8O13S. The fourth-order valence-corrected chi connectivity index (χ4v) is 10.1. The van der Waals surface area contributed by atoms with E-state index in [1.165, 1.54) is 6.07 Å². The molecule has 0 radical (unpaired) electrons. The fraction of sp³-hybridized carbons (Fsp3) is 0.443. The molecule has 4 aliphatic rings. The Kier molecular flexibility index (Phi) is 26.3. The maximum absolute atomic E-state index is 14.6. The second-order valence-electron chi connectivity index (χ2n) is 19.5. The molecular weight excluding hydrogens is 1100 g/mol. The molecule has 1 saturated heterocycles. The number of amides is 6. The number of methoxy groups -OCH3 is 1. The first-order valence-electron chi connectivity index (χ1n) is 28.1. The zero-order valence-electron chi connectivity index (χ0n) is 48.9. The number of rotatable bonds is 20. The van der Waals surface area contributed by atoms with Gasteiger partial charge in [0.15, 0.2) is 6.10 Å². The quantitative estimate of drug-likeness (QED) is 0.0136. The monoisotopic (exact) mass is 1180 g/mol. The number of ether oxygens (including phenoxy) is 3. The number of benzene rings is 3. The lowest BCUT2D eigenvalue weighted by Gasteiger charge is -2.26. The second-order valence-corrected chi connectivity index (χ2v) is 20.2. The predicted molar refractivity (Wildman–Crippen MR) is 318 cm³/mol. The summed E-state index contributed by atoms with van der Waals surface area (Å²) in [5.41, 5.74) is 8.18. The molecule has 0 bridgehead atoms. The van der Waals surface area contributed by atoms with Gasteiger partial charge in [-0.25, -0.2) is 19.1 Å². The van der Waals surface area contributed by atoms with Crippen LogP contribution < -0.4 is 37.0 Å². The first kappa shape index (κ1) is 67.1. The summed E-state index contributed by atoms with van der Waals surface area (Å²) in [6.07, 6.45) is 2.63. The topological polar surface area (TPSA) is 283 Å². The molecule has 5 heterocycles. The van der Waals surface area contributed by atoms with Crippen molar-refractivity contribution in [3.63, 3.8) is 0 Å². The SMILES string of the molecule is CC.CC.CNCC(=O)NCOCCOC.Cc1c(F)cc2nc3c(c4c2c1CCC4C)Cn1c-3cc2c(c1=O)COC(=O)C2O.O=CC(Cc1ccccc1)NC(=O)CNC(=O)CNC(=O)CCCc1ccc(N2C(=O)CC(S)C2=O)cc1. The van der Waals surface area contributed by atoms with Crippen LogP contribution in [0.4, 0.5) is 10.1 Å². The molecule has 1 fully saturated rings. The smallest absolute Gasteiger partial charge is 0.340 e. The second kappa shape index (κ2) is 33.0. The molecule has 0 saturated carbocycles. The number of fused-ring (bicyclic) bond motifs is 5. The number of carbonyl (C=O) groups excluding carboxylic acids is 8. The van der Waals surface area contributed by atoms with Crippen LogP contribution in [0.3, 0.4) is 0 Å². The fourth-order valence-electron chi connectivity index (χ4n) is 9.82. The number of aliphatic hydroxyl groups excluding tert-OH is 1. The Morgan fingerprint density at radius 3 is 2.21 bits per heavy atom. The Morgan fingerprint density at radius 2 is 1.56 bits per heavy atom. The molecule has 2 aromatic heterocycles. The minimum absolute atomic E-state index is 0.0742. The van der Waals surface area contributed by atoms with Gasteiger partial charge >= 0.3 is 5.97 Å². The zero-order valence-corrected chi connectivity index (χ0v) is 49.8. The number of cyclic esters (lactones) is 1. The van der Waals surface area contributed by atoms with Gasteiger partial charge in [0.2, 0.25) is 35.4 Å². The third-order valence-corrected chi connectivity index (χ3v) is 14.4. The third kappa shape index (κ3) is 17.2. The number of aromatic nitrogens is 2. The standard InChI is InChI=1S/C27H30N4O6S.C23H19FN2O4.C7H16N2O3.2C2H6/c32-17-20(13-19-5-2-1-3-6-19)30-25(35)16-29-24(34)15-28-23(33)8-4-7-18-9-11-21(12-10-18)31-26(36)14-22(38)27(31)37;1-9-3-4-11-10(2)15(24)6-16-19(11)18(9)13-7-26-17(20(13)25-16)5-12-14(22(26)28)8-30-23(29)21(12)27;1-8-5-7(10)9-6-12-4-3-11-2;2*1-2/h1-3,5-6,9-12,17,20,22,38H,4,7-8,13-16H2,(H,28,33)(H,29,34)(H,30,35);5-6,9,21,27H,3-4,7-8H2,1-2H3;8H,3-6H2,1-2H3,(H,9,10);2*1-2H3. The van der Waals surface area contributed by atoms with Crippen molar-refractivity contribution in [3.05, 3.63) is 127 Å². The summed E-state index contributed by atoms with van der Waals surface area (Å²) >= 11 is 4.12. The number of hydrogen-bond acceptors (Lipinski definition) is 16. The van der Waals surface area contributed by atoms with Crippen molar-refractivity contribution in [1.82, 2.24) is 36.1 Å². The molecule has 452 valence electrons. The molecule has 1 aliphatic carbocycles. The van der Waals surface area contributed by atoms with E-state index in [0.29, 0.717) is 85.6 Å². The number of pyridine rings is 2. The maximum Gasteiger partial charge on any atom is 0.340 e. The number of anilines is 1.